The van der Waals surface area contributed by atoms with E-state index >= 15 is 0 Å². The molecular weight excluding hydrogens is 343 g/mol. The molecule has 0 radical (unpaired) electrons. The minimum absolute atomic E-state index is 0.159. The number of rotatable bonds is 5. The fraction of sp³-hybridized carbons (Fsp3) is 0.105. The number of hydrogen-bond acceptors (Lipinski definition) is 4. The van der Waals surface area contributed by atoms with Crippen molar-refractivity contribution in [2.24, 2.45) is 0 Å². The van der Waals surface area contributed by atoms with Crippen molar-refractivity contribution in [3.8, 4) is 11.3 Å². The number of sulfone groups is 1. The SMILES string of the molecule is C=Cc1cc2c(C=O)c(-c3ccc(F)cc3)oc2cc1CS(C)(=O)=O. The second-order valence-electron chi connectivity index (χ2n) is 5.79. The summed E-state index contributed by atoms with van der Waals surface area (Å²) in [7, 11) is -3.24. The average Bonchev–Trinajstić information content (AvgIpc) is 2.90. The third kappa shape index (κ3) is 3.39. The zero-order chi connectivity index (χ0) is 18.2. The van der Waals surface area contributed by atoms with Gasteiger partial charge in [0.15, 0.2) is 16.1 Å². The van der Waals surface area contributed by atoms with Crippen molar-refractivity contribution < 1.29 is 22.0 Å². The van der Waals surface area contributed by atoms with Gasteiger partial charge in [0.2, 0.25) is 0 Å². The van der Waals surface area contributed by atoms with E-state index in [-0.39, 0.29) is 5.75 Å². The zero-order valence-corrected chi connectivity index (χ0v) is 14.3. The number of halogens is 1. The van der Waals surface area contributed by atoms with Gasteiger partial charge in [0.25, 0.3) is 0 Å². The van der Waals surface area contributed by atoms with Crippen molar-refractivity contribution in [3.05, 3.63) is 65.5 Å². The van der Waals surface area contributed by atoms with Crippen LogP contribution in [0.25, 0.3) is 28.4 Å². The Morgan fingerprint density at radius 2 is 1.88 bits per heavy atom. The Bertz CT molecular complexity index is 1080. The van der Waals surface area contributed by atoms with Gasteiger partial charge >= 0.3 is 0 Å². The normalized spacial score (nSPS) is 11.6. The molecule has 0 saturated heterocycles. The lowest BCUT2D eigenvalue weighted by Gasteiger charge is -2.05. The van der Waals surface area contributed by atoms with Crippen molar-refractivity contribution >= 4 is 33.2 Å². The minimum atomic E-state index is -3.24. The molecule has 1 heterocycles. The average molecular weight is 358 g/mol. The van der Waals surface area contributed by atoms with Gasteiger partial charge < -0.3 is 4.42 Å². The predicted molar refractivity (Wildman–Crippen MR) is 95.6 cm³/mol. The van der Waals surface area contributed by atoms with Gasteiger partial charge in [0.05, 0.1) is 11.3 Å². The maximum Gasteiger partial charge on any atom is 0.154 e. The van der Waals surface area contributed by atoms with Gasteiger partial charge in [0, 0.05) is 17.2 Å². The van der Waals surface area contributed by atoms with E-state index in [1.807, 2.05) is 0 Å². The first-order valence-corrected chi connectivity index (χ1v) is 9.49. The lowest BCUT2D eigenvalue weighted by Crippen LogP contribution is -2.02. The van der Waals surface area contributed by atoms with Gasteiger partial charge in [-0.2, -0.15) is 0 Å². The van der Waals surface area contributed by atoms with E-state index < -0.39 is 15.7 Å². The van der Waals surface area contributed by atoms with Gasteiger partial charge in [-0.25, -0.2) is 12.8 Å². The highest BCUT2D eigenvalue weighted by atomic mass is 32.2. The zero-order valence-electron chi connectivity index (χ0n) is 13.5. The van der Waals surface area contributed by atoms with Crippen LogP contribution in [0.2, 0.25) is 0 Å². The molecular formula is C19H15FO4S. The van der Waals surface area contributed by atoms with Crippen LogP contribution in [0.15, 0.2) is 47.4 Å². The quantitative estimate of drug-likeness (QED) is 0.640. The molecule has 0 fully saturated rings. The molecule has 1 aromatic heterocycles. The van der Waals surface area contributed by atoms with Crippen LogP contribution in [0.3, 0.4) is 0 Å². The molecule has 6 heteroatoms. The van der Waals surface area contributed by atoms with Crippen molar-refractivity contribution in [2.45, 2.75) is 5.75 Å². The van der Waals surface area contributed by atoms with Crippen molar-refractivity contribution in [1.29, 1.82) is 0 Å². The molecule has 4 nitrogen and oxygen atoms in total. The standard InChI is InChI=1S/C19H15FO4S/c1-3-12-8-16-17(10-21)19(13-4-6-15(20)7-5-13)24-18(16)9-14(12)11-25(2,22)23/h3-10H,1,11H2,2H3. The fourth-order valence-electron chi connectivity index (χ4n) is 2.75. The van der Waals surface area contributed by atoms with E-state index in [1.54, 1.807) is 18.2 Å². The molecule has 0 saturated carbocycles. The Hall–Kier alpha value is -2.73. The van der Waals surface area contributed by atoms with Gasteiger partial charge in [-0.15, -0.1) is 0 Å². The minimum Gasteiger partial charge on any atom is -0.455 e. The summed E-state index contributed by atoms with van der Waals surface area (Å²) in [6.07, 6.45) is 3.36. The number of carbonyl (C=O) groups excluding carboxylic acids is 1. The van der Waals surface area contributed by atoms with Crippen LogP contribution in [-0.2, 0) is 15.6 Å². The van der Waals surface area contributed by atoms with Gasteiger partial charge in [-0.1, -0.05) is 12.7 Å². The van der Waals surface area contributed by atoms with Crippen molar-refractivity contribution in [3.63, 3.8) is 0 Å². The summed E-state index contributed by atoms with van der Waals surface area (Å²) in [6.45, 7) is 3.70. The maximum absolute atomic E-state index is 13.1. The Kier molecular flexibility index (Phi) is 4.30. The molecule has 0 amide bonds. The van der Waals surface area contributed by atoms with Crippen LogP contribution in [0.5, 0.6) is 0 Å². The maximum atomic E-state index is 13.1. The number of benzene rings is 2. The fourth-order valence-corrected chi connectivity index (χ4v) is 3.57. The highest BCUT2D eigenvalue weighted by Crippen LogP contribution is 2.35. The molecule has 0 aliphatic heterocycles. The van der Waals surface area contributed by atoms with E-state index in [1.165, 1.54) is 24.3 Å². The first-order valence-electron chi connectivity index (χ1n) is 7.43. The molecule has 0 N–H and O–H groups in total. The molecule has 0 aliphatic rings. The smallest absolute Gasteiger partial charge is 0.154 e. The number of furan rings is 1. The monoisotopic (exact) mass is 358 g/mol. The van der Waals surface area contributed by atoms with Crippen LogP contribution >= 0.6 is 0 Å². The summed E-state index contributed by atoms with van der Waals surface area (Å²) in [4.78, 5) is 11.6. The van der Waals surface area contributed by atoms with E-state index in [0.717, 1.165) is 6.26 Å². The highest BCUT2D eigenvalue weighted by Gasteiger charge is 2.18. The van der Waals surface area contributed by atoms with Gasteiger partial charge in [0.1, 0.15) is 17.2 Å². The van der Waals surface area contributed by atoms with Crippen LogP contribution < -0.4 is 0 Å². The number of carbonyl (C=O) groups is 1. The number of aldehydes is 1. The predicted octanol–water partition coefficient (Wildman–Crippen LogP) is 4.24. The second-order valence-corrected chi connectivity index (χ2v) is 7.93. The summed E-state index contributed by atoms with van der Waals surface area (Å²) < 4.78 is 42.2. The molecule has 25 heavy (non-hydrogen) atoms. The second kappa shape index (κ2) is 6.29. The molecule has 2 aromatic carbocycles. The van der Waals surface area contributed by atoms with Crippen LogP contribution in [0, 0.1) is 5.82 Å². The van der Waals surface area contributed by atoms with Crippen LogP contribution in [0.4, 0.5) is 4.39 Å². The first-order chi connectivity index (χ1) is 11.8. The molecule has 3 rings (SSSR count). The summed E-state index contributed by atoms with van der Waals surface area (Å²) in [5, 5.41) is 0.557. The Morgan fingerprint density at radius 3 is 2.44 bits per heavy atom. The van der Waals surface area contributed by atoms with E-state index in [0.29, 0.717) is 45.3 Å². The summed E-state index contributed by atoms with van der Waals surface area (Å²) in [5.41, 5.74) is 2.44. The van der Waals surface area contributed by atoms with E-state index in [2.05, 4.69) is 6.58 Å². The van der Waals surface area contributed by atoms with E-state index in [9.17, 15) is 17.6 Å². The first kappa shape index (κ1) is 17.1. The molecule has 0 aliphatic carbocycles. The van der Waals surface area contributed by atoms with Crippen molar-refractivity contribution in [2.75, 3.05) is 6.26 Å². The highest BCUT2D eigenvalue weighted by molar-refractivity contribution is 7.89. The molecule has 0 bridgehead atoms. The Balaban J connectivity index is 2.26. The third-order valence-electron chi connectivity index (χ3n) is 3.85. The number of fused-ring (bicyclic) bond motifs is 1. The lowest BCUT2D eigenvalue weighted by molar-refractivity contribution is 0.112. The molecule has 0 spiro atoms. The van der Waals surface area contributed by atoms with Gasteiger partial charge in [-0.3, -0.25) is 4.79 Å². The topological polar surface area (TPSA) is 64.3 Å². The summed E-state index contributed by atoms with van der Waals surface area (Å²) in [6, 6.07) is 8.89. The Labute approximate surface area is 144 Å². The molecule has 0 unspecified atom stereocenters. The van der Waals surface area contributed by atoms with Gasteiger partial charge in [-0.05, 0) is 47.5 Å². The molecule has 3 aromatic rings. The van der Waals surface area contributed by atoms with Crippen LogP contribution in [0.1, 0.15) is 21.5 Å². The molecule has 128 valence electrons. The van der Waals surface area contributed by atoms with E-state index in [4.69, 9.17) is 4.42 Å². The summed E-state index contributed by atoms with van der Waals surface area (Å²) in [5.74, 6) is -0.235. The van der Waals surface area contributed by atoms with Crippen molar-refractivity contribution in [1.82, 2.24) is 0 Å². The lowest BCUT2D eigenvalue weighted by atomic mass is 10.0. The third-order valence-corrected chi connectivity index (χ3v) is 4.69. The largest absolute Gasteiger partial charge is 0.455 e. The molecule has 0 atom stereocenters. The Morgan fingerprint density at radius 1 is 1.20 bits per heavy atom. The summed E-state index contributed by atoms with van der Waals surface area (Å²) >= 11 is 0. The van der Waals surface area contributed by atoms with Crippen LogP contribution in [-0.4, -0.2) is 21.0 Å². The number of hydrogen-bond donors (Lipinski definition) is 0.